The quantitative estimate of drug-likeness (QED) is 0.235. The molecule has 154 valence electrons. The Bertz CT molecular complexity index is 1130. The normalized spacial score (nSPS) is 11.0. The average molecular weight is 462 g/mol. The van der Waals surface area contributed by atoms with Crippen LogP contribution in [0.5, 0.6) is 0 Å². The number of hydrogen-bond acceptors (Lipinski definition) is 7. The monoisotopic (exact) mass is 461 g/mol. The lowest BCUT2D eigenvalue weighted by atomic mass is 10.2. The van der Waals surface area contributed by atoms with E-state index in [1.807, 2.05) is 29.7 Å². The average Bonchev–Trinajstić information content (AvgIpc) is 3.11. The highest BCUT2D eigenvalue weighted by Gasteiger charge is 2.17. The van der Waals surface area contributed by atoms with Crippen LogP contribution >= 0.6 is 35.6 Å². The zero-order valence-corrected chi connectivity index (χ0v) is 18.0. The second kappa shape index (κ2) is 9.65. The number of aromatic nitrogens is 3. The van der Waals surface area contributed by atoms with E-state index in [0.717, 1.165) is 5.56 Å². The Labute approximate surface area is 186 Å². The molecule has 3 rings (SSSR count). The zero-order chi connectivity index (χ0) is 21.7. The molecule has 0 atom stereocenters. The van der Waals surface area contributed by atoms with Crippen LogP contribution in [0.3, 0.4) is 0 Å². The largest absolute Gasteiger partial charge is 0.375 e. The van der Waals surface area contributed by atoms with Crippen LogP contribution in [0.15, 0.2) is 57.6 Å². The molecule has 0 amide bonds. The first kappa shape index (κ1) is 21.7. The minimum absolute atomic E-state index is 0.0113. The fraction of sp³-hybridized carbons (Fsp3) is 0.111. The van der Waals surface area contributed by atoms with E-state index in [2.05, 4.69) is 20.7 Å². The molecule has 12 heteroatoms. The summed E-state index contributed by atoms with van der Waals surface area (Å²) in [6, 6.07) is 11.8. The highest BCUT2D eigenvalue weighted by atomic mass is 35.5. The molecule has 0 unspecified atom stereocenters. The molecule has 3 aromatic rings. The second-order valence-corrected chi connectivity index (χ2v) is 7.76. The number of non-ortho nitro benzene ring substituents is 1. The molecule has 30 heavy (non-hydrogen) atoms. The van der Waals surface area contributed by atoms with E-state index in [9.17, 15) is 10.1 Å². The van der Waals surface area contributed by atoms with Crippen molar-refractivity contribution < 1.29 is 4.92 Å². The number of halogens is 1. The zero-order valence-electron chi connectivity index (χ0n) is 15.7. The molecule has 0 radical (unpaired) electrons. The maximum atomic E-state index is 11.2. The third-order valence-corrected chi connectivity index (χ3v) is 5.30. The van der Waals surface area contributed by atoms with Crippen molar-refractivity contribution in [2.75, 3.05) is 0 Å². The molecule has 0 aliphatic rings. The van der Waals surface area contributed by atoms with Gasteiger partial charge in [-0.1, -0.05) is 23.7 Å². The Balaban J connectivity index is 1.98. The maximum Gasteiger partial charge on any atom is 0.270 e. The summed E-state index contributed by atoms with van der Waals surface area (Å²) in [7, 11) is 0. The molecule has 0 aliphatic carbocycles. The Morgan fingerprint density at radius 3 is 2.87 bits per heavy atom. The van der Waals surface area contributed by atoms with Gasteiger partial charge in [0.15, 0.2) is 16.1 Å². The Hall–Kier alpha value is -3.02. The second-order valence-electron chi connectivity index (χ2n) is 5.88. The van der Waals surface area contributed by atoms with Crippen molar-refractivity contribution in [3.05, 3.63) is 63.2 Å². The Kier molecular flexibility index (Phi) is 6.98. The molecular weight excluding hydrogens is 446 g/mol. The number of nitrogens with one attached hydrogen (secondary N) is 1. The van der Waals surface area contributed by atoms with Gasteiger partial charge in [0.25, 0.3) is 5.69 Å². The minimum atomic E-state index is -0.474. The summed E-state index contributed by atoms with van der Waals surface area (Å²) in [4.78, 5) is 11.4. The first-order valence-electron chi connectivity index (χ1n) is 8.63. The van der Waals surface area contributed by atoms with Gasteiger partial charge in [-0.2, -0.15) is 5.10 Å². The molecule has 0 fully saturated rings. The third kappa shape index (κ3) is 5.12. The van der Waals surface area contributed by atoms with Crippen LogP contribution in [0.2, 0.25) is 5.02 Å². The first-order valence-corrected chi connectivity index (χ1v) is 10.2. The lowest BCUT2D eigenvalue weighted by Crippen LogP contribution is -2.24. The molecule has 0 spiro atoms. The summed E-state index contributed by atoms with van der Waals surface area (Å²) in [5.41, 5.74) is 9.09. The maximum absolute atomic E-state index is 11.2. The van der Waals surface area contributed by atoms with Crippen LogP contribution in [0, 0.1) is 10.1 Å². The summed E-state index contributed by atoms with van der Waals surface area (Å²) >= 11 is 12.1. The summed E-state index contributed by atoms with van der Waals surface area (Å²) in [5.74, 6) is 0.676. The Morgan fingerprint density at radius 2 is 2.20 bits per heavy atom. The van der Waals surface area contributed by atoms with Gasteiger partial charge >= 0.3 is 0 Å². The molecule has 0 bridgehead atoms. The van der Waals surface area contributed by atoms with Gasteiger partial charge in [0.1, 0.15) is 0 Å². The summed E-state index contributed by atoms with van der Waals surface area (Å²) in [5, 5.41) is 24.9. The standard InChI is InChI=1S/C18H16ClN7O2S2/c1-2-25-16(11-4-3-5-13(19)8-11)22-24-18(25)30-15-7-6-14(26(27)28)9-12(15)10-21-23-17(20)29/h3-10H,2H2,1H3,(H3,20,23,29)/b21-10-. The number of nitrogens with two attached hydrogens (primary N) is 1. The smallest absolute Gasteiger partial charge is 0.270 e. The summed E-state index contributed by atoms with van der Waals surface area (Å²) in [6.07, 6.45) is 1.42. The molecule has 0 saturated carbocycles. The molecule has 1 heterocycles. The van der Waals surface area contributed by atoms with Crippen LogP contribution in [0.4, 0.5) is 5.69 Å². The van der Waals surface area contributed by atoms with Crippen molar-refractivity contribution in [1.82, 2.24) is 20.2 Å². The first-order chi connectivity index (χ1) is 14.4. The fourth-order valence-electron chi connectivity index (χ4n) is 2.60. The van der Waals surface area contributed by atoms with E-state index in [0.29, 0.717) is 33.0 Å². The van der Waals surface area contributed by atoms with E-state index < -0.39 is 4.92 Å². The number of nitro groups is 1. The van der Waals surface area contributed by atoms with Gasteiger partial charge in [0.05, 0.1) is 11.1 Å². The van der Waals surface area contributed by atoms with Gasteiger partial charge in [-0.25, -0.2) is 0 Å². The SMILES string of the molecule is CCn1c(Sc2ccc([N+](=O)[O-])cc2/C=N\NC(N)=S)nnc1-c1cccc(Cl)c1. The Morgan fingerprint density at radius 1 is 1.40 bits per heavy atom. The summed E-state index contributed by atoms with van der Waals surface area (Å²) in [6.45, 7) is 2.60. The van der Waals surface area contributed by atoms with Crippen molar-refractivity contribution in [3.63, 3.8) is 0 Å². The van der Waals surface area contributed by atoms with Crippen molar-refractivity contribution >= 4 is 52.6 Å². The van der Waals surface area contributed by atoms with Crippen molar-refractivity contribution in [2.45, 2.75) is 23.5 Å². The summed E-state index contributed by atoms with van der Waals surface area (Å²) < 4.78 is 1.94. The fourth-order valence-corrected chi connectivity index (χ4v) is 3.81. The van der Waals surface area contributed by atoms with Gasteiger partial charge in [-0.15, -0.1) is 10.2 Å². The van der Waals surface area contributed by atoms with E-state index in [1.54, 1.807) is 12.1 Å². The molecule has 1 aromatic heterocycles. The number of rotatable bonds is 7. The molecular formula is C18H16ClN7O2S2. The van der Waals surface area contributed by atoms with Gasteiger partial charge in [0.2, 0.25) is 0 Å². The number of nitro benzene ring substituents is 1. The van der Waals surface area contributed by atoms with Gasteiger partial charge < -0.3 is 10.3 Å². The molecule has 0 aliphatic heterocycles. The molecule has 3 N–H and O–H groups in total. The predicted molar refractivity (Wildman–Crippen MR) is 121 cm³/mol. The number of nitrogens with zero attached hydrogens (tertiary/aromatic N) is 5. The lowest BCUT2D eigenvalue weighted by molar-refractivity contribution is -0.384. The number of benzene rings is 2. The van der Waals surface area contributed by atoms with Crippen molar-refractivity contribution in [1.29, 1.82) is 0 Å². The van der Waals surface area contributed by atoms with E-state index in [1.165, 1.54) is 30.1 Å². The third-order valence-electron chi connectivity index (χ3n) is 3.90. The van der Waals surface area contributed by atoms with Crippen molar-refractivity contribution in [2.24, 2.45) is 10.8 Å². The van der Waals surface area contributed by atoms with Crippen LogP contribution in [0.1, 0.15) is 12.5 Å². The molecule has 9 nitrogen and oxygen atoms in total. The predicted octanol–water partition coefficient (Wildman–Crippen LogP) is 3.84. The van der Waals surface area contributed by atoms with Crippen LogP contribution in [-0.2, 0) is 6.54 Å². The van der Waals surface area contributed by atoms with Crippen LogP contribution < -0.4 is 11.2 Å². The van der Waals surface area contributed by atoms with Gasteiger partial charge in [-0.3, -0.25) is 15.5 Å². The molecule has 2 aromatic carbocycles. The van der Waals surface area contributed by atoms with E-state index >= 15 is 0 Å². The van der Waals surface area contributed by atoms with Crippen LogP contribution in [-0.4, -0.2) is 31.0 Å². The highest BCUT2D eigenvalue weighted by molar-refractivity contribution is 7.99. The van der Waals surface area contributed by atoms with Crippen molar-refractivity contribution in [3.8, 4) is 11.4 Å². The highest BCUT2D eigenvalue weighted by Crippen LogP contribution is 2.33. The topological polar surface area (TPSA) is 124 Å². The van der Waals surface area contributed by atoms with Crippen LogP contribution in [0.25, 0.3) is 11.4 Å². The number of thiocarbonyl (C=S) groups is 1. The number of hydrazone groups is 1. The lowest BCUT2D eigenvalue weighted by Gasteiger charge is -2.09. The van der Waals surface area contributed by atoms with Gasteiger partial charge in [0, 0.05) is 39.7 Å². The minimum Gasteiger partial charge on any atom is -0.375 e. The molecule has 0 saturated heterocycles. The van der Waals surface area contributed by atoms with E-state index in [-0.39, 0.29) is 10.8 Å². The van der Waals surface area contributed by atoms with E-state index in [4.69, 9.17) is 29.6 Å². The number of hydrogen-bond donors (Lipinski definition) is 2. The van der Waals surface area contributed by atoms with Gasteiger partial charge in [-0.05, 0) is 49.1 Å².